The summed E-state index contributed by atoms with van der Waals surface area (Å²) in [7, 11) is 0. The van der Waals surface area contributed by atoms with Crippen LogP contribution in [-0.4, -0.2) is 34.8 Å². The van der Waals surface area contributed by atoms with E-state index in [1.54, 1.807) is 18.2 Å². The van der Waals surface area contributed by atoms with Gasteiger partial charge in [0, 0.05) is 6.54 Å². The van der Waals surface area contributed by atoms with Gasteiger partial charge in [-0.25, -0.2) is 0 Å². The molecule has 1 aliphatic rings. The quantitative estimate of drug-likeness (QED) is 0.205. The van der Waals surface area contributed by atoms with Crippen molar-refractivity contribution in [3.8, 4) is 0 Å². The van der Waals surface area contributed by atoms with Crippen molar-refractivity contribution in [2.45, 2.75) is 56.3 Å². The van der Waals surface area contributed by atoms with Gasteiger partial charge in [-0.1, -0.05) is 35.5 Å². The van der Waals surface area contributed by atoms with Crippen LogP contribution in [-0.2, 0) is 22.6 Å². The van der Waals surface area contributed by atoms with Gasteiger partial charge in [0.2, 0.25) is 0 Å². The van der Waals surface area contributed by atoms with Crippen molar-refractivity contribution in [1.29, 1.82) is 0 Å². The Hall–Kier alpha value is -2.63. The third-order valence-electron chi connectivity index (χ3n) is 6.49. The topological polar surface area (TPSA) is 74.1 Å². The summed E-state index contributed by atoms with van der Waals surface area (Å²) in [5.41, 5.74) is -4.48. The van der Waals surface area contributed by atoms with Crippen LogP contribution in [0.1, 0.15) is 55.0 Å². The van der Waals surface area contributed by atoms with E-state index >= 15 is 0 Å². The first-order valence-electron chi connectivity index (χ1n) is 10.8. The maximum Gasteiger partial charge on any atom is 0.416 e. The fourth-order valence-electron chi connectivity index (χ4n) is 4.10. The third kappa shape index (κ3) is 5.96. The van der Waals surface area contributed by atoms with E-state index < -0.39 is 40.7 Å². The summed E-state index contributed by atoms with van der Waals surface area (Å²) >= 11 is 0. The number of hydrogen-bond donors (Lipinski definition) is 3. The van der Waals surface area contributed by atoms with Crippen molar-refractivity contribution in [2.24, 2.45) is 5.16 Å². The van der Waals surface area contributed by atoms with Gasteiger partial charge in [0.25, 0.3) is 0 Å². The van der Waals surface area contributed by atoms with E-state index in [4.69, 9.17) is 9.94 Å². The van der Waals surface area contributed by atoms with E-state index in [2.05, 4.69) is 10.5 Å². The Labute approximate surface area is 198 Å². The number of nitrogens with zero attached hydrogens (tertiary/aromatic N) is 1. The van der Waals surface area contributed by atoms with Crippen LogP contribution in [0.15, 0.2) is 53.7 Å². The van der Waals surface area contributed by atoms with Crippen LogP contribution in [0.3, 0.4) is 0 Å². The van der Waals surface area contributed by atoms with Gasteiger partial charge in [-0.05, 0) is 56.0 Å². The summed E-state index contributed by atoms with van der Waals surface area (Å²) in [6.45, 7) is 2.76. The number of hydrogen-bond acceptors (Lipinski definition) is 5. The molecule has 0 amide bonds. The first-order valence-corrected chi connectivity index (χ1v) is 10.8. The molecule has 2 aromatic rings. The van der Waals surface area contributed by atoms with Crippen molar-refractivity contribution < 1.29 is 41.4 Å². The van der Waals surface area contributed by atoms with Gasteiger partial charge in [0.1, 0.15) is 5.60 Å². The van der Waals surface area contributed by atoms with Crippen LogP contribution in [0.2, 0.25) is 0 Å². The molecule has 3 N–H and O–H groups in total. The summed E-state index contributed by atoms with van der Waals surface area (Å²) in [4.78, 5) is 0. The number of nitrogens with one attached hydrogen (secondary N) is 1. The molecule has 1 unspecified atom stereocenters. The van der Waals surface area contributed by atoms with Crippen LogP contribution < -0.4 is 5.32 Å². The Morgan fingerprint density at radius 1 is 1.03 bits per heavy atom. The SMILES string of the molecule is C/C(=N\O)C1(O)CC[C@@](CO[C@H](C)c2cc(C(F)(F)F)cc(C(F)(F)F)c2)(c2ccccc2)NC1. The Kier molecular flexibility index (Phi) is 7.54. The number of ether oxygens (including phenoxy) is 1. The normalized spacial score (nSPS) is 24.9. The van der Waals surface area contributed by atoms with Crippen LogP contribution in [0.25, 0.3) is 0 Å². The predicted octanol–water partition coefficient (Wildman–Crippen LogP) is 5.66. The minimum atomic E-state index is -4.96. The minimum Gasteiger partial charge on any atom is -0.411 e. The molecule has 1 fully saturated rings. The van der Waals surface area contributed by atoms with E-state index in [1.165, 1.54) is 13.8 Å². The molecule has 1 aliphatic heterocycles. The summed E-state index contributed by atoms with van der Waals surface area (Å²) in [6, 6.07) is 10.4. The van der Waals surface area contributed by atoms with Crippen LogP contribution in [0.4, 0.5) is 26.3 Å². The molecule has 3 atom stereocenters. The number of β-amino-alcohol motifs (C(OH)–C–C–N with tert-alkyl or cyclic N) is 1. The zero-order valence-corrected chi connectivity index (χ0v) is 19.0. The van der Waals surface area contributed by atoms with Crippen LogP contribution >= 0.6 is 0 Å². The van der Waals surface area contributed by atoms with Crippen molar-refractivity contribution >= 4 is 5.71 Å². The van der Waals surface area contributed by atoms with E-state index in [1.807, 2.05) is 12.1 Å². The number of alkyl halides is 6. The molecule has 1 saturated heterocycles. The molecule has 35 heavy (non-hydrogen) atoms. The summed E-state index contributed by atoms with van der Waals surface area (Å²) in [5.74, 6) is 0. The number of benzene rings is 2. The van der Waals surface area contributed by atoms with E-state index in [0.717, 1.165) is 5.56 Å². The first kappa shape index (κ1) is 27.0. The lowest BCUT2D eigenvalue weighted by Crippen LogP contribution is -2.60. The lowest BCUT2D eigenvalue weighted by molar-refractivity contribution is -0.143. The molecule has 0 spiro atoms. The maximum atomic E-state index is 13.3. The van der Waals surface area contributed by atoms with Crippen molar-refractivity contribution in [2.75, 3.05) is 13.2 Å². The molecule has 11 heteroatoms. The Morgan fingerprint density at radius 2 is 1.60 bits per heavy atom. The number of rotatable bonds is 6. The molecule has 0 saturated carbocycles. The predicted molar refractivity (Wildman–Crippen MR) is 116 cm³/mol. The van der Waals surface area contributed by atoms with Gasteiger partial charge >= 0.3 is 12.4 Å². The molecule has 0 bridgehead atoms. The highest BCUT2D eigenvalue weighted by Gasteiger charge is 2.45. The molecule has 3 rings (SSSR count). The molecule has 2 aromatic carbocycles. The Bertz CT molecular complexity index is 1010. The highest BCUT2D eigenvalue weighted by molar-refractivity contribution is 5.90. The minimum absolute atomic E-state index is 0.00267. The van der Waals surface area contributed by atoms with Gasteiger partial charge < -0.3 is 20.4 Å². The monoisotopic (exact) mass is 504 g/mol. The highest BCUT2D eigenvalue weighted by atomic mass is 19.4. The van der Waals surface area contributed by atoms with Crippen molar-refractivity contribution in [1.82, 2.24) is 5.32 Å². The zero-order chi connectivity index (χ0) is 26.1. The molecular formula is C24H26F6N2O3. The van der Waals surface area contributed by atoms with Crippen molar-refractivity contribution in [3.05, 3.63) is 70.8 Å². The van der Waals surface area contributed by atoms with Crippen LogP contribution in [0.5, 0.6) is 0 Å². The van der Waals surface area contributed by atoms with Gasteiger partial charge in [0.15, 0.2) is 0 Å². The first-order chi connectivity index (χ1) is 16.2. The standard InChI is InChI=1S/C24H26F6N2O3/c1-15(17-10-19(23(25,26)27)12-20(11-17)24(28,29)30)35-14-21(18-6-4-3-5-7-18)8-9-22(33,13-31-21)16(2)32-34/h3-7,10-12,15,31,33-34H,8-9,13-14H2,1-2H3/b32-16+/t15-,21-,22?/m1/s1. The molecule has 0 radical (unpaired) electrons. The molecule has 0 aliphatic carbocycles. The summed E-state index contributed by atoms with van der Waals surface area (Å²) in [5, 5.41) is 26.1. The molecule has 192 valence electrons. The lowest BCUT2D eigenvalue weighted by atomic mass is 9.76. The van der Waals surface area contributed by atoms with Gasteiger partial charge in [0.05, 0.1) is 35.1 Å². The third-order valence-corrected chi connectivity index (χ3v) is 6.49. The Morgan fingerprint density at radius 3 is 2.06 bits per heavy atom. The van der Waals surface area contributed by atoms with Gasteiger partial charge in [-0.3, -0.25) is 0 Å². The van der Waals surface area contributed by atoms with E-state index in [9.17, 15) is 31.4 Å². The van der Waals surface area contributed by atoms with Crippen LogP contribution in [0, 0.1) is 0 Å². The smallest absolute Gasteiger partial charge is 0.411 e. The second kappa shape index (κ2) is 9.79. The zero-order valence-electron chi connectivity index (χ0n) is 19.0. The van der Waals surface area contributed by atoms with Crippen molar-refractivity contribution in [3.63, 3.8) is 0 Å². The average Bonchev–Trinajstić information content (AvgIpc) is 2.82. The number of aliphatic hydroxyl groups is 1. The maximum absolute atomic E-state index is 13.3. The summed E-state index contributed by atoms with van der Waals surface area (Å²) < 4.78 is 85.4. The largest absolute Gasteiger partial charge is 0.416 e. The highest BCUT2D eigenvalue weighted by Crippen LogP contribution is 2.39. The molecular weight excluding hydrogens is 478 g/mol. The fraction of sp³-hybridized carbons (Fsp3) is 0.458. The van der Waals surface area contributed by atoms with E-state index in [0.29, 0.717) is 18.6 Å². The lowest BCUT2D eigenvalue weighted by Gasteiger charge is -2.45. The second-order valence-corrected chi connectivity index (χ2v) is 8.81. The van der Waals surface area contributed by atoms with Gasteiger partial charge in [-0.2, -0.15) is 26.3 Å². The van der Waals surface area contributed by atoms with Gasteiger partial charge in [-0.15, -0.1) is 0 Å². The second-order valence-electron chi connectivity index (χ2n) is 8.81. The summed E-state index contributed by atoms with van der Waals surface area (Å²) in [6.07, 6.45) is -10.5. The molecule has 1 heterocycles. The number of piperidine rings is 1. The van der Waals surface area contributed by atoms with E-state index in [-0.39, 0.29) is 36.9 Å². The average molecular weight is 504 g/mol. The number of oxime groups is 1. The number of halogens is 6. The molecule has 5 nitrogen and oxygen atoms in total. The fourth-order valence-corrected chi connectivity index (χ4v) is 4.10. The molecule has 0 aromatic heterocycles. The Balaban J connectivity index is 1.89.